The first-order valence-electron chi connectivity index (χ1n) is 11.7. The number of benzene rings is 2. The van der Waals surface area contributed by atoms with Crippen molar-refractivity contribution in [2.45, 2.75) is 39.2 Å². The molecule has 10 nitrogen and oxygen atoms in total. The maximum atomic E-state index is 12.9. The third-order valence-corrected chi connectivity index (χ3v) is 5.57. The summed E-state index contributed by atoms with van der Waals surface area (Å²) < 4.78 is 22.4. The number of rotatable bonds is 12. The number of fused-ring (bicyclic) bond motifs is 1. The standard InChI is InChI=1S/C26H31N3O7/c1-5-6-7-10-13-29-25(31)19-12-9-8-11-18(19)23(28-29)26(32)36-16-22(30)27-17-14-20(33-2)24(35-4)21(15-17)34-3/h8-9,11-12,14-15H,5-7,10,13,16H2,1-4H3,(H,27,30). The van der Waals surface area contributed by atoms with Gasteiger partial charge in [0.15, 0.2) is 23.8 Å². The van der Waals surface area contributed by atoms with E-state index in [-0.39, 0.29) is 11.3 Å². The number of nitrogens with zero attached hydrogens (tertiary/aromatic N) is 2. The van der Waals surface area contributed by atoms with Gasteiger partial charge in [0.1, 0.15) is 0 Å². The summed E-state index contributed by atoms with van der Waals surface area (Å²) in [6, 6.07) is 9.84. The third-order valence-electron chi connectivity index (χ3n) is 5.57. The van der Waals surface area contributed by atoms with E-state index in [1.54, 1.807) is 36.4 Å². The summed E-state index contributed by atoms with van der Waals surface area (Å²) in [6.45, 7) is 1.94. The van der Waals surface area contributed by atoms with Gasteiger partial charge in [-0.25, -0.2) is 9.48 Å². The van der Waals surface area contributed by atoms with E-state index in [0.717, 1.165) is 25.7 Å². The summed E-state index contributed by atoms with van der Waals surface area (Å²) in [5.74, 6) is -0.266. The summed E-state index contributed by atoms with van der Waals surface area (Å²) in [4.78, 5) is 38.3. The van der Waals surface area contributed by atoms with Gasteiger partial charge in [0, 0.05) is 29.8 Å². The molecule has 0 aliphatic rings. The maximum Gasteiger partial charge on any atom is 0.359 e. The van der Waals surface area contributed by atoms with Gasteiger partial charge in [-0.15, -0.1) is 0 Å². The molecule has 0 radical (unpaired) electrons. The lowest BCUT2D eigenvalue weighted by Crippen LogP contribution is -2.28. The van der Waals surface area contributed by atoms with Crippen LogP contribution in [0.25, 0.3) is 10.8 Å². The van der Waals surface area contributed by atoms with E-state index in [4.69, 9.17) is 18.9 Å². The zero-order valence-electron chi connectivity index (χ0n) is 21.0. The first-order valence-corrected chi connectivity index (χ1v) is 11.7. The Bertz CT molecular complexity index is 1260. The minimum atomic E-state index is -0.798. The van der Waals surface area contributed by atoms with Crippen molar-refractivity contribution in [3.05, 3.63) is 52.4 Å². The Morgan fingerprint density at radius 1 is 0.944 bits per heavy atom. The van der Waals surface area contributed by atoms with Gasteiger partial charge < -0.3 is 24.3 Å². The van der Waals surface area contributed by atoms with Crippen LogP contribution in [0.4, 0.5) is 5.69 Å². The number of carbonyl (C=O) groups is 2. The Kier molecular flexibility index (Phi) is 9.26. The van der Waals surface area contributed by atoms with Crippen molar-refractivity contribution in [3.8, 4) is 17.2 Å². The highest BCUT2D eigenvalue weighted by Gasteiger charge is 2.20. The first-order chi connectivity index (χ1) is 17.4. The summed E-state index contributed by atoms with van der Waals surface area (Å²) in [6.07, 6.45) is 3.84. The van der Waals surface area contributed by atoms with Gasteiger partial charge in [-0.3, -0.25) is 9.59 Å². The van der Waals surface area contributed by atoms with E-state index < -0.39 is 18.5 Å². The average Bonchev–Trinajstić information content (AvgIpc) is 2.90. The van der Waals surface area contributed by atoms with Gasteiger partial charge in [-0.2, -0.15) is 5.10 Å². The molecule has 0 spiro atoms. The van der Waals surface area contributed by atoms with Crippen molar-refractivity contribution < 1.29 is 28.5 Å². The molecule has 0 bridgehead atoms. The van der Waals surface area contributed by atoms with E-state index in [2.05, 4.69) is 17.3 Å². The molecule has 0 saturated carbocycles. The van der Waals surface area contributed by atoms with Crippen LogP contribution in [-0.2, 0) is 16.1 Å². The molecule has 192 valence electrons. The number of aromatic nitrogens is 2. The van der Waals surface area contributed by atoms with Crippen molar-refractivity contribution in [3.63, 3.8) is 0 Å². The van der Waals surface area contributed by atoms with Crippen LogP contribution in [-0.4, -0.2) is 49.6 Å². The minimum absolute atomic E-state index is 0.0127. The highest BCUT2D eigenvalue weighted by Crippen LogP contribution is 2.39. The molecular formula is C26H31N3O7. The molecule has 0 fully saturated rings. The predicted molar refractivity (Wildman–Crippen MR) is 135 cm³/mol. The van der Waals surface area contributed by atoms with E-state index in [1.807, 2.05) is 0 Å². The van der Waals surface area contributed by atoms with Gasteiger partial charge >= 0.3 is 5.97 Å². The number of amides is 1. The van der Waals surface area contributed by atoms with Crippen LogP contribution in [0.1, 0.15) is 43.1 Å². The second-order valence-electron chi connectivity index (χ2n) is 8.02. The Balaban J connectivity index is 1.76. The van der Waals surface area contributed by atoms with Crippen LogP contribution in [0.15, 0.2) is 41.2 Å². The number of carbonyl (C=O) groups excluding carboxylic acids is 2. The quantitative estimate of drug-likeness (QED) is 0.297. The van der Waals surface area contributed by atoms with Gasteiger partial charge in [-0.05, 0) is 12.5 Å². The molecule has 0 saturated heterocycles. The summed E-state index contributed by atoms with van der Waals surface area (Å²) in [7, 11) is 4.40. The molecule has 0 aliphatic carbocycles. The Hall–Kier alpha value is -4.08. The topological polar surface area (TPSA) is 118 Å². The molecule has 0 unspecified atom stereocenters. The molecular weight excluding hydrogens is 466 g/mol. The van der Waals surface area contributed by atoms with Gasteiger partial charge in [-0.1, -0.05) is 44.4 Å². The Morgan fingerprint density at radius 2 is 1.61 bits per heavy atom. The normalized spacial score (nSPS) is 10.7. The SMILES string of the molecule is CCCCCCn1nc(C(=O)OCC(=O)Nc2cc(OC)c(OC)c(OC)c2)c2ccccc2c1=O. The van der Waals surface area contributed by atoms with Crippen molar-refractivity contribution >= 4 is 28.3 Å². The number of hydrogen-bond acceptors (Lipinski definition) is 8. The number of methoxy groups -OCH3 is 3. The van der Waals surface area contributed by atoms with E-state index >= 15 is 0 Å². The molecule has 2 aromatic carbocycles. The van der Waals surface area contributed by atoms with E-state index in [9.17, 15) is 14.4 Å². The fourth-order valence-corrected chi connectivity index (χ4v) is 3.78. The number of hydrogen-bond donors (Lipinski definition) is 1. The second-order valence-corrected chi connectivity index (χ2v) is 8.02. The van der Waals surface area contributed by atoms with Gasteiger partial charge in [0.05, 0.1) is 26.7 Å². The van der Waals surface area contributed by atoms with Crippen molar-refractivity contribution in [1.29, 1.82) is 0 Å². The molecule has 10 heteroatoms. The molecule has 1 amide bonds. The van der Waals surface area contributed by atoms with Gasteiger partial charge in [0.2, 0.25) is 5.75 Å². The lowest BCUT2D eigenvalue weighted by Gasteiger charge is -2.14. The summed E-state index contributed by atoms with van der Waals surface area (Å²) >= 11 is 0. The van der Waals surface area contributed by atoms with Crippen LogP contribution in [0.2, 0.25) is 0 Å². The smallest absolute Gasteiger partial charge is 0.359 e. The molecule has 3 aromatic rings. The van der Waals surface area contributed by atoms with Crippen LogP contribution in [0.3, 0.4) is 0 Å². The van der Waals surface area contributed by atoms with Crippen molar-refractivity contribution in [2.24, 2.45) is 0 Å². The van der Waals surface area contributed by atoms with Crippen molar-refractivity contribution in [1.82, 2.24) is 9.78 Å². The fraction of sp³-hybridized carbons (Fsp3) is 0.385. The van der Waals surface area contributed by atoms with Crippen LogP contribution < -0.4 is 25.1 Å². The van der Waals surface area contributed by atoms with Crippen LogP contribution in [0.5, 0.6) is 17.2 Å². The summed E-state index contributed by atoms with van der Waals surface area (Å²) in [5.41, 5.74) is 0.0924. The molecule has 0 atom stereocenters. The predicted octanol–water partition coefficient (Wildman–Crippen LogP) is 3.80. The number of aryl methyl sites for hydroxylation is 1. The number of ether oxygens (including phenoxy) is 4. The molecule has 1 heterocycles. The zero-order valence-corrected chi connectivity index (χ0v) is 21.0. The van der Waals surface area contributed by atoms with Crippen LogP contribution in [0, 0.1) is 0 Å². The molecule has 1 N–H and O–H groups in total. The lowest BCUT2D eigenvalue weighted by atomic mass is 10.1. The van der Waals surface area contributed by atoms with Crippen LogP contribution >= 0.6 is 0 Å². The minimum Gasteiger partial charge on any atom is -0.493 e. The number of anilines is 1. The second kappa shape index (κ2) is 12.6. The molecule has 3 rings (SSSR count). The maximum absolute atomic E-state index is 12.9. The molecule has 36 heavy (non-hydrogen) atoms. The van der Waals surface area contributed by atoms with E-state index in [1.165, 1.54) is 26.0 Å². The molecule has 1 aromatic heterocycles. The highest BCUT2D eigenvalue weighted by molar-refractivity contribution is 6.03. The third kappa shape index (κ3) is 6.12. The number of nitrogens with one attached hydrogen (secondary N) is 1. The summed E-state index contributed by atoms with van der Waals surface area (Å²) in [5, 5.41) is 7.66. The number of esters is 1. The first kappa shape index (κ1) is 26.5. The lowest BCUT2D eigenvalue weighted by molar-refractivity contribution is -0.119. The largest absolute Gasteiger partial charge is 0.493 e. The monoisotopic (exact) mass is 497 g/mol. The van der Waals surface area contributed by atoms with Crippen molar-refractivity contribution in [2.75, 3.05) is 33.3 Å². The average molecular weight is 498 g/mol. The number of unbranched alkanes of at least 4 members (excludes halogenated alkanes) is 3. The van der Waals surface area contributed by atoms with Gasteiger partial charge in [0.25, 0.3) is 11.5 Å². The zero-order chi connectivity index (χ0) is 26.1. The Morgan fingerprint density at radius 3 is 2.22 bits per heavy atom. The Labute approximate surface area is 209 Å². The van der Waals surface area contributed by atoms with E-state index in [0.29, 0.717) is 40.3 Å². The molecule has 0 aliphatic heterocycles. The highest BCUT2D eigenvalue weighted by atomic mass is 16.5. The fourth-order valence-electron chi connectivity index (χ4n) is 3.78.